The van der Waals surface area contributed by atoms with Crippen molar-refractivity contribution in [1.82, 2.24) is 25.5 Å². The SMILES string of the molecule is Cc1c(N)cncc1-c1cc2cc(NC(=O)CCNC(=O)CCCNc3cccc4c3C(=O)N(C3CCC(=O)NC3=O)C4=O)ncc2c(N)c1F. The van der Waals surface area contributed by atoms with Gasteiger partial charge in [0.05, 0.1) is 28.7 Å². The van der Waals surface area contributed by atoms with Crippen molar-refractivity contribution in [3.8, 4) is 11.1 Å². The van der Waals surface area contributed by atoms with E-state index in [0.29, 0.717) is 46.2 Å². The number of benzene rings is 2. The molecule has 2 aromatic carbocycles. The fraction of sp³-hybridized carbons (Fsp3) is 0.257. The van der Waals surface area contributed by atoms with Crippen LogP contribution >= 0.6 is 0 Å². The molecule has 51 heavy (non-hydrogen) atoms. The molecule has 4 heterocycles. The number of aromatic nitrogens is 2. The molecule has 262 valence electrons. The molecular formula is C35H34FN9O6. The van der Waals surface area contributed by atoms with Crippen LogP contribution in [0.3, 0.4) is 0 Å². The van der Waals surface area contributed by atoms with Gasteiger partial charge in [-0.15, -0.1) is 0 Å². The molecule has 15 nitrogen and oxygen atoms in total. The number of hydrogen-bond acceptors (Lipinski definition) is 11. The molecular weight excluding hydrogens is 661 g/mol. The number of nitrogens with zero attached hydrogens (tertiary/aromatic N) is 3. The van der Waals surface area contributed by atoms with Crippen LogP contribution < -0.4 is 32.7 Å². The van der Waals surface area contributed by atoms with Crippen molar-refractivity contribution in [2.45, 2.75) is 45.1 Å². The summed E-state index contributed by atoms with van der Waals surface area (Å²) in [6.07, 6.45) is 4.89. The van der Waals surface area contributed by atoms with E-state index in [2.05, 4.69) is 31.2 Å². The Morgan fingerprint density at radius 2 is 1.78 bits per heavy atom. The average molecular weight is 696 g/mol. The molecule has 16 heteroatoms. The lowest BCUT2D eigenvalue weighted by Crippen LogP contribution is -2.54. The minimum Gasteiger partial charge on any atom is -0.397 e. The maximum atomic E-state index is 15.2. The highest BCUT2D eigenvalue weighted by Crippen LogP contribution is 2.36. The van der Waals surface area contributed by atoms with Crippen molar-refractivity contribution < 1.29 is 33.2 Å². The summed E-state index contributed by atoms with van der Waals surface area (Å²) in [5.41, 5.74) is 14.4. The van der Waals surface area contributed by atoms with Gasteiger partial charge >= 0.3 is 0 Å². The maximum Gasteiger partial charge on any atom is 0.264 e. The van der Waals surface area contributed by atoms with E-state index in [9.17, 15) is 28.8 Å². The van der Waals surface area contributed by atoms with Crippen molar-refractivity contribution in [1.29, 1.82) is 0 Å². The Hall–Kier alpha value is -6.45. The molecule has 1 unspecified atom stereocenters. The molecule has 0 aliphatic carbocycles. The predicted octanol–water partition coefficient (Wildman–Crippen LogP) is 2.65. The fourth-order valence-corrected chi connectivity index (χ4v) is 6.12. The summed E-state index contributed by atoms with van der Waals surface area (Å²) in [5.74, 6) is -3.49. The second-order valence-corrected chi connectivity index (χ2v) is 12.2. The molecule has 1 fully saturated rings. The molecule has 0 spiro atoms. The molecule has 1 atom stereocenters. The average Bonchev–Trinajstić information content (AvgIpc) is 3.35. The topological polar surface area (TPSA) is 232 Å². The smallest absolute Gasteiger partial charge is 0.264 e. The minimum absolute atomic E-state index is 0.0216. The van der Waals surface area contributed by atoms with E-state index in [0.717, 1.165) is 4.90 Å². The van der Waals surface area contributed by atoms with Gasteiger partial charge in [0.2, 0.25) is 23.6 Å². The van der Waals surface area contributed by atoms with E-state index >= 15 is 4.39 Å². The van der Waals surface area contributed by atoms with Gasteiger partial charge in [-0.3, -0.25) is 44.0 Å². The minimum atomic E-state index is -1.07. The molecule has 0 saturated carbocycles. The number of nitrogens with two attached hydrogens (primary N) is 2. The van der Waals surface area contributed by atoms with Crippen LogP contribution in [-0.2, 0) is 19.2 Å². The van der Waals surface area contributed by atoms with Crippen LogP contribution in [0.15, 0.2) is 48.9 Å². The number of nitrogens with one attached hydrogen (secondary N) is 4. The summed E-state index contributed by atoms with van der Waals surface area (Å²) >= 11 is 0. The predicted molar refractivity (Wildman–Crippen MR) is 186 cm³/mol. The number of carbonyl (C=O) groups excluding carboxylic acids is 6. The molecule has 1 saturated heterocycles. The van der Waals surface area contributed by atoms with E-state index in [-0.39, 0.29) is 66.3 Å². The second kappa shape index (κ2) is 14.2. The highest BCUT2D eigenvalue weighted by molar-refractivity contribution is 6.25. The van der Waals surface area contributed by atoms with Gasteiger partial charge < -0.3 is 27.4 Å². The molecule has 2 aliphatic rings. The third-order valence-electron chi connectivity index (χ3n) is 8.85. The Morgan fingerprint density at radius 1 is 0.980 bits per heavy atom. The second-order valence-electron chi connectivity index (χ2n) is 12.2. The van der Waals surface area contributed by atoms with Gasteiger partial charge in [0.1, 0.15) is 11.9 Å². The zero-order valence-corrected chi connectivity index (χ0v) is 27.5. The van der Waals surface area contributed by atoms with Crippen molar-refractivity contribution in [2.24, 2.45) is 0 Å². The van der Waals surface area contributed by atoms with E-state index in [1.807, 2.05) is 0 Å². The fourth-order valence-electron chi connectivity index (χ4n) is 6.12. The number of piperidine rings is 1. The molecule has 0 radical (unpaired) electrons. The van der Waals surface area contributed by atoms with E-state index in [1.54, 1.807) is 31.2 Å². The zero-order valence-electron chi connectivity index (χ0n) is 27.5. The van der Waals surface area contributed by atoms with Crippen LogP contribution in [0.2, 0.25) is 0 Å². The molecule has 2 aliphatic heterocycles. The number of amides is 6. The highest BCUT2D eigenvalue weighted by atomic mass is 19.1. The Morgan fingerprint density at radius 3 is 2.57 bits per heavy atom. The largest absolute Gasteiger partial charge is 0.397 e. The normalized spacial score (nSPS) is 15.5. The van der Waals surface area contributed by atoms with Gasteiger partial charge in [-0.2, -0.15) is 0 Å². The Kier molecular flexibility index (Phi) is 9.57. The van der Waals surface area contributed by atoms with Gasteiger partial charge in [0.15, 0.2) is 5.82 Å². The number of pyridine rings is 2. The van der Waals surface area contributed by atoms with E-state index < -0.39 is 41.4 Å². The maximum absolute atomic E-state index is 15.2. The molecule has 2 aromatic heterocycles. The summed E-state index contributed by atoms with van der Waals surface area (Å²) in [6, 6.07) is 6.84. The van der Waals surface area contributed by atoms with Crippen LogP contribution in [0.25, 0.3) is 21.9 Å². The van der Waals surface area contributed by atoms with Crippen LogP contribution in [0.4, 0.5) is 27.3 Å². The summed E-state index contributed by atoms with van der Waals surface area (Å²) in [7, 11) is 0. The van der Waals surface area contributed by atoms with E-state index in [4.69, 9.17) is 11.5 Å². The van der Waals surface area contributed by atoms with Crippen LogP contribution in [0, 0.1) is 12.7 Å². The number of hydrogen-bond donors (Lipinski definition) is 6. The van der Waals surface area contributed by atoms with Crippen molar-refractivity contribution in [3.05, 3.63) is 71.4 Å². The van der Waals surface area contributed by atoms with E-state index in [1.165, 1.54) is 24.7 Å². The number of halogens is 1. The molecule has 0 bridgehead atoms. The third kappa shape index (κ3) is 6.88. The number of anilines is 4. The van der Waals surface area contributed by atoms with Gasteiger partial charge in [0, 0.05) is 66.9 Å². The van der Waals surface area contributed by atoms with Gasteiger partial charge in [-0.25, -0.2) is 9.37 Å². The van der Waals surface area contributed by atoms with Gasteiger partial charge in [-0.1, -0.05) is 6.07 Å². The summed E-state index contributed by atoms with van der Waals surface area (Å²) in [4.78, 5) is 84.3. The molecule has 8 N–H and O–H groups in total. The summed E-state index contributed by atoms with van der Waals surface area (Å²) in [6.45, 7) is 2.11. The lowest BCUT2D eigenvalue weighted by molar-refractivity contribution is -0.136. The number of fused-ring (bicyclic) bond motifs is 2. The van der Waals surface area contributed by atoms with Crippen molar-refractivity contribution >= 4 is 69.1 Å². The number of nitrogen functional groups attached to an aromatic ring is 2. The number of carbonyl (C=O) groups is 6. The standard InChI is InChI=1S/C35H34FN9O6/c1-17-21(14-39-16-23(17)37)20-12-18-13-26(42-15-22(18)32(38)31(20)36)43-29(48)9-11-41-27(46)6-3-10-40-24-5-2-4-19-30(24)35(51)45(34(19)50)25-7-8-28(47)44-33(25)49/h2,4-5,12-16,25,40H,3,6-11,37-38H2,1H3,(H,41,46)(H,42,43,48)(H,44,47,49). The van der Waals surface area contributed by atoms with Crippen molar-refractivity contribution in [2.75, 3.05) is 35.2 Å². The number of rotatable bonds is 11. The molecule has 4 aromatic rings. The van der Waals surface area contributed by atoms with Crippen LogP contribution in [0.1, 0.15) is 58.4 Å². The Balaban J connectivity index is 0.978. The summed E-state index contributed by atoms with van der Waals surface area (Å²) in [5, 5.41) is 11.5. The van der Waals surface area contributed by atoms with Crippen LogP contribution in [-0.4, -0.2) is 69.4 Å². The van der Waals surface area contributed by atoms with Gasteiger partial charge in [-0.05, 0) is 55.0 Å². The first-order valence-corrected chi connectivity index (χ1v) is 16.2. The van der Waals surface area contributed by atoms with Gasteiger partial charge in [0.25, 0.3) is 11.8 Å². The Bertz CT molecular complexity index is 2140. The first-order valence-electron chi connectivity index (χ1n) is 16.2. The number of imide groups is 2. The Labute approximate surface area is 290 Å². The van der Waals surface area contributed by atoms with Crippen molar-refractivity contribution in [3.63, 3.8) is 0 Å². The zero-order chi connectivity index (χ0) is 36.4. The third-order valence-corrected chi connectivity index (χ3v) is 8.85. The monoisotopic (exact) mass is 695 g/mol. The lowest BCUT2D eigenvalue weighted by atomic mass is 9.97. The molecule has 6 rings (SSSR count). The first kappa shape index (κ1) is 34.4. The molecule has 6 amide bonds. The van der Waals surface area contributed by atoms with Crippen LogP contribution in [0.5, 0.6) is 0 Å². The first-order chi connectivity index (χ1) is 24.4. The quantitative estimate of drug-likeness (QED) is 0.0759. The lowest BCUT2D eigenvalue weighted by Gasteiger charge is -2.27. The summed E-state index contributed by atoms with van der Waals surface area (Å²) < 4.78 is 15.2. The highest BCUT2D eigenvalue weighted by Gasteiger charge is 2.45.